The number of ether oxygens (including phenoxy) is 1. The van der Waals surface area contributed by atoms with Gasteiger partial charge in [0.1, 0.15) is 5.82 Å². The van der Waals surface area contributed by atoms with Crippen LogP contribution in [0.3, 0.4) is 0 Å². The maximum atomic E-state index is 6.11. The Morgan fingerprint density at radius 1 is 1.23 bits per heavy atom. The van der Waals surface area contributed by atoms with E-state index in [1.807, 2.05) is 42.5 Å². The van der Waals surface area contributed by atoms with Crippen LogP contribution in [-0.2, 0) is 4.74 Å². The molecule has 1 aromatic heterocycles. The molecule has 0 aliphatic heterocycles. The first kappa shape index (κ1) is 20.0. The Labute approximate surface area is 161 Å². The highest BCUT2D eigenvalue weighted by Gasteiger charge is 2.09. The van der Waals surface area contributed by atoms with Crippen molar-refractivity contribution in [1.29, 1.82) is 0 Å². The van der Waals surface area contributed by atoms with E-state index in [4.69, 9.17) is 22.8 Å². The van der Waals surface area contributed by atoms with Crippen molar-refractivity contribution in [3.63, 3.8) is 0 Å². The van der Waals surface area contributed by atoms with E-state index in [1.54, 1.807) is 18.9 Å². The van der Waals surface area contributed by atoms with Crippen LogP contribution in [0, 0.1) is 12.3 Å². The summed E-state index contributed by atoms with van der Waals surface area (Å²) >= 11 is 7.82. The summed E-state index contributed by atoms with van der Waals surface area (Å²) in [6.07, 6.45) is 5.46. The molecule has 0 radical (unpaired) electrons. The average molecular weight is 388 g/mol. The maximum Gasteiger partial charge on any atom is 0.224 e. The Bertz CT molecular complexity index is 944. The Hall–Kier alpha value is -2.30. The SMILES string of the molecule is C#Cc1cccc(Nc2nc(Cl)nc3cc(SCCOC)ccc23)c1.O. The van der Waals surface area contributed by atoms with Gasteiger partial charge in [0.2, 0.25) is 5.28 Å². The van der Waals surface area contributed by atoms with Crippen molar-refractivity contribution in [3.8, 4) is 12.3 Å². The highest BCUT2D eigenvalue weighted by molar-refractivity contribution is 7.99. The normalized spacial score (nSPS) is 10.2. The lowest BCUT2D eigenvalue weighted by Crippen LogP contribution is -1.98. The molecule has 2 aromatic carbocycles. The van der Waals surface area contributed by atoms with E-state index in [1.165, 1.54) is 0 Å². The van der Waals surface area contributed by atoms with Crippen molar-refractivity contribution < 1.29 is 10.2 Å². The zero-order chi connectivity index (χ0) is 17.6. The standard InChI is InChI=1S/C19H16ClN3OS.H2O/c1-3-13-5-4-6-14(11-13)21-18-16-8-7-15(25-10-9-24-2)12-17(16)22-19(20)23-18;/h1,4-8,11-12H,9-10H2,2H3,(H,21,22,23);1H2. The van der Waals surface area contributed by atoms with Gasteiger partial charge in [0.05, 0.1) is 12.1 Å². The molecule has 5 nitrogen and oxygen atoms in total. The number of methoxy groups -OCH3 is 1. The number of nitrogens with one attached hydrogen (secondary N) is 1. The molecule has 0 spiro atoms. The fourth-order valence-corrected chi connectivity index (χ4v) is 3.35. The van der Waals surface area contributed by atoms with Gasteiger partial charge in [-0.15, -0.1) is 18.2 Å². The van der Waals surface area contributed by atoms with Crippen molar-refractivity contribution in [2.45, 2.75) is 4.90 Å². The lowest BCUT2D eigenvalue weighted by molar-refractivity contribution is 0.218. The topological polar surface area (TPSA) is 78.5 Å². The molecule has 0 aliphatic carbocycles. The van der Waals surface area contributed by atoms with Crippen molar-refractivity contribution in [1.82, 2.24) is 9.97 Å². The zero-order valence-corrected chi connectivity index (χ0v) is 15.7. The van der Waals surface area contributed by atoms with Crippen LogP contribution in [0.2, 0.25) is 5.28 Å². The molecule has 1 heterocycles. The summed E-state index contributed by atoms with van der Waals surface area (Å²) in [5.41, 5.74) is 2.44. The minimum atomic E-state index is 0. The Morgan fingerprint density at radius 3 is 2.85 bits per heavy atom. The number of fused-ring (bicyclic) bond motifs is 1. The van der Waals surface area contributed by atoms with Gasteiger partial charge < -0.3 is 15.5 Å². The van der Waals surface area contributed by atoms with Gasteiger partial charge in [-0.1, -0.05) is 12.0 Å². The van der Waals surface area contributed by atoms with Crippen molar-refractivity contribution in [2.24, 2.45) is 0 Å². The van der Waals surface area contributed by atoms with Crippen molar-refractivity contribution in [3.05, 3.63) is 53.3 Å². The molecule has 0 atom stereocenters. The number of rotatable bonds is 6. The van der Waals surface area contributed by atoms with Crippen LogP contribution in [0.25, 0.3) is 10.9 Å². The fourth-order valence-electron chi connectivity index (χ4n) is 2.33. The number of halogens is 1. The van der Waals surface area contributed by atoms with E-state index < -0.39 is 0 Å². The third kappa shape index (κ3) is 4.87. The van der Waals surface area contributed by atoms with E-state index in [2.05, 4.69) is 21.2 Å². The minimum absolute atomic E-state index is 0. The third-order valence-electron chi connectivity index (χ3n) is 3.49. The predicted octanol–water partition coefficient (Wildman–Crippen LogP) is 3.92. The summed E-state index contributed by atoms with van der Waals surface area (Å²) in [5, 5.41) is 4.37. The van der Waals surface area contributed by atoms with Crippen LogP contribution >= 0.6 is 23.4 Å². The number of hydrogen-bond donors (Lipinski definition) is 1. The van der Waals surface area contributed by atoms with Gasteiger partial charge >= 0.3 is 0 Å². The molecule has 0 bridgehead atoms. The van der Waals surface area contributed by atoms with E-state index >= 15 is 0 Å². The van der Waals surface area contributed by atoms with Crippen molar-refractivity contribution >= 4 is 45.8 Å². The molecule has 3 N–H and O–H groups in total. The van der Waals surface area contributed by atoms with E-state index in [9.17, 15) is 0 Å². The van der Waals surface area contributed by atoms with E-state index in [0.29, 0.717) is 12.4 Å². The zero-order valence-electron chi connectivity index (χ0n) is 14.1. The van der Waals surface area contributed by atoms with Gasteiger partial charge in [-0.3, -0.25) is 0 Å². The molecule has 134 valence electrons. The molecule has 3 rings (SSSR count). The van der Waals surface area contributed by atoms with Crippen LogP contribution in [0.5, 0.6) is 0 Å². The second-order valence-corrected chi connectivity index (χ2v) is 6.72. The third-order valence-corrected chi connectivity index (χ3v) is 4.62. The lowest BCUT2D eigenvalue weighted by atomic mass is 10.2. The minimum Gasteiger partial charge on any atom is -0.412 e. The first-order valence-electron chi connectivity index (χ1n) is 7.62. The second-order valence-electron chi connectivity index (χ2n) is 5.21. The number of hydrogen-bond acceptors (Lipinski definition) is 5. The van der Waals surface area contributed by atoms with Gasteiger partial charge in [0.25, 0.3) is 0 Å². The maximum absolute atomic E-state index is 6.11. The molecule has 0 amide bonds. The van der Waals surface area contributed by atoms with Gasteiger partial charge in [-0.2, -0.15) is 4.98 Å². The molecule has 0 saturated carbocycles. The summed E-state index contributed by atoms with van der Waals surface area (Å²) in [5.74, 6) is 4.15. The van der Waals surface area contributed by atoms with Crippen LogP contribution < -0.4 is 5.32 Å². The van der Waals surface area contributed by atoms with Crippen LogP contribution in [-0.4, -0.2) is 34.9 Å². The Morgan fingerprint density at radius 2 is 2.08 bits per heavy atom. The van der Waals surface area contributed by atoms with Crippen molar-refractivity contribution in [2.75, 3.05) is 24.8 Å². The quantitative estimate of drug-likeness (QED) is 0.300. The van der Waals surface area contributed by atoms with E-state index in [-0.39, 0.29) is 10.8 Å². The Balaban J connectivity index is 0.00000243. The molecule has 26 heavy (non-hydrogen) atoms. The van der Waals surface area contributed by atoms with Gasteiger partial charge in [0, 0.05) is 34.4 Å². The molecular weight excluding hydrogens is 370 g/mol. The number of anilines is 2. The molecule has 0 fully saturated rings. The molecule has 3 aromatic rings. The smallest absolute Gasteiger partial charge is 0.224 e. The number of terminal acetylenes is 1. The van der Waals surface area contributed by atoms with Crippen LogP contribution in [0.4, 0.5) is 11.5 Å². The highest BCUT2D eigenvalue weighted by atomic mass is 35.5. The summed E-state index contributed by atoms with van der Waals surface area (Å²) < 4.78 is 5.08. The summed E-state index contributed by atoms with van der Waals surface area (Å²) in [4.78, 5) is 9.77. The molecule has 0 saturated heterocycles. The number of aromatic nitrogens is 2. The molecule has 0 unspecified atom stereocenters. The first-order chi connectivity index (χ1) is 12.2. The van der Waals surface area contributed by atoms with Gasteiger partial charge in [-0.05, 0) is 48.0 Å². The largest absolute Gasteiger partial charge is 0.412 e. The average Bonchev–Trinajstić information content (AvgIpc) is 2.61. The Kier molecular flexibility index (Phi) is 7.25. The summed E-state index contributed by atoms with van der Waals surface area (Å²) in [7, 11) is 1.70. The second kappa shape index (κ2) is 9.41. The van der Waals surface area contributed by atoms with Gasteiger partial charge in [0.15, 0.2) is 0 Å². The highest BCUT2D eigenvalue weighted by Crippen LogP contribution is 2.29. The molecule has 0 aliphatic rings. The van der Waals surface area contributed by atoms with Gasteiger partial charge in [-0.25, -0.2) is 4.98 Å². The lowest BCUT2D eigenvalue weighted by Gasteiger charge is -2.10. The van der Waals surface area contributed by atoms with E-state index in [0.717, 1.165) is 32.8 Å². The summed E-state index contributed by atoms with van der Waals surface area (Å²) in [6, 6.07) is 13.6. The van der Waals surface area contributed by atoms with Crippen LogP contribution in [0.15, 0.2) is 47.4 Å². The first-order valence-corrected chi connectivity index (χ1v) is 8.98. The predicted molar refractivity (Wildman–Crippen MR) is 108 cm³/mol. The fraction of sp³-hybridized carbons (Fsp3) is 0.158. The monoisotopic (exact) mass is 387 g/mol. The van der Waals surface area contributed by atoms with Crippen LogP contribution in [0.1, 0.15) is 5.56 Å². The number of thioether (sulfide) groups is 1. The molecular formula is C19H18ClN3O2S. The molecule has 7 heteroatoms. The number of benzene rings is 2. The summed E-state index contributed by atoms with van der Waals surface area (Å²) in [6.45, 7) is 0.700. The number of nitrogens with zero attached hydrogens (tertiary/aromatic N) is 2.